The standard InChI is InChI=1S/C31H29FN8O9S/c1-36-22-12-18(3-5-20(22)40(31(36)47)21-6-7-24(42)34-30(21)46)37-8-9-38(27(45)15-37)13-25(43)33-17-2-4-19-16(10-17)11-23(41)29(28(19)32)39-14-26(44)35-50(39,48)49/h2-5,10-12,21,41H,6-9,13-15H2,1H3,(H,33,43)(H,35,44)(H,34,42,46). The molecule has 0 spiro atoms. The van der Waals surface area contributed by atoms with Gasteiger partial charge in [0.1, 0.15) is 24.0 Å². The molecule has 0 bridgehead atoms. The summed E-state index contributed by atoms with van der Waals surface area (Å²) in [5, 5.41) is 15.5. The number of imide groups is 1. The number of hydrogen-bond donors (Lipinski definition) is 4. The summed E-state index contributed by atoms with van der Waals surface area (Å²) in [5.41, 5.74) is 0.849. The van der Waals surface area contributed by atoms with Crippen molar-refractivity contribution in [3.63, 3.8) is 0 Å². The quantitative estimate of drug-likeness (QED) is 0.194. The third-order valence-corrected chi connectivity index (χ3v) is 10.4. The van der Waals surface area contributed by atoms with Crippen LogP contribution in [0.1, 0.15) is 18.9 Å². The lowest BCUT2D eigenvalue weighted by Gasteiger charge is -2.35. The number of aromatic nitrogens is 2. The highest BCUT2D eigenvalue weighted by Gasteiger charge is 2.38. The monoisotopic (exact) mass is 708 g/mol. The molecule has 3 aliphatic rings. The molecule has 0 saturated carbocycles. The minimum atomic E-state index is -4.38. The van der Waals surface area contributed by atoms with Gasteiger partial charge in [-0.05, 0) is 54.3 Å². The van der Waals surface area contributed by atoms with Crippen molar-refractivity contribution in [2.45, 2.75) is 18.9 Å². The molecule has 3 fully saturated rings. The van der Waals surface area contributed by atoms with Crippen LogP contribution >= 0.6 is 0 Å². The number of aromatic hydroxyl groups is 1. The summed E-state index contributed by atoms with van der Waals surface area (Å²) in [6, 6.07) is 9.51. The first-order valence-corrected chi connectivity index (χ1v) is 16.8. The largest absolute Gasteiger partial charge is 0.506 e. The minimum absolute atomic E-state index is 0.0503. The second-order valence-electron chi connectivity index (χ2n) is 12.2. The van der Waals surface area contributed by atoms with E-state index in [1.54, 1.807) is 30.0 Å². The predicted molar refractivity (Wildman–Crippen MR) is 176 cm³/mol. The van der Waals surface area contributed by atoms with Crippen LogP contribution in [0.15, 0.2) is 47.3 Å². The maximum atomic E-state index is 15.4. The SMILES string of the molecule is Cn1c(=O)n(C2CCC(=O)NC2=O)c2ccc(N3CCN(CC(=O)Nc4ccc5c(F)c(N6CC(=O)NS6(=O)=O)c(O)cc5c4)C(=O)C3)cc21. The number of phenols is 1. The van der Waals surface area contributed by atoms with E-state index in [2.05, 4.69) is 10.6 Å². The molecule has 1 unspecified atom stereocenters. The Hall–Kier alpha value is -5.98. The van der Waals surface area contributed by atoms with E-state index in [9.17, 15) is 42.3 Å². The number of anilines is 3. The van der Waals surface area contributed by atoms with Gasteiger partial charge in [-0.3, -0.25) is 38.4 Å². The van der Waals surface area contributed by atoms with Crippen molar-refractivity contribution in [3.05, 3.63) is 58.8 Å². The number of fused-ring (bicyclic) bond motifs is 2. The molecular weight excluding hydrogens is 679 g/mol. The molecule has 3 aliphatic heterocycles. The van der Waals surface area contributed by atoms with E-state index in [4.69, 9.17) is 0 Å². The minimum Gasteiger partial charge on any atom is -0.506 e. The topological polar surface area (TPSA) is 212 Å². The number of benzene rings is 3. The summed E-state index contributed by atoms with van der Waals surface area (Å²) in [6.45, 7) is -0.449. The van der Waals surface area contributed by atoms with E-state index >= 15 is 4.39 Å². The summed E-state index contributed by atoms with van der Waals surface area (Å²) >= 11 is 0. The molecule has 4 aromatic rings. The third kappa shape index (κ3) is 5.54. The average Bonchev–Trinajstić information content (AvgIpc) is 3.46. The van der Waals surface area contributed by atoms with E-state index < -0.39 is 63.5 Å². The summed E-state index contributed by atoms with van der Waals surface area (Å²) in [7, 11) is -2.80. The van der Waals surface area contributed by atoms with Crippen molar-refractivity contribution in [1.82, 2.24) is 24.1 Å². The van der Waals surface area contributed by atoms with Gasteiger partial charge in [0, 0.05) is 43.3 Å². The van der Waals surface area contributed by atoms with Crippen LogP contribution in [-0.4, -0.2) is 89.8 Å². The Morgan fingerprint density at radius 3 is 2.48 bits per heavy atom. The number of carbonyl (C=O) groups is 5. The van der Waals surface area contributed by atoms with Gasteiger partial charge in [0.25, 0.3) is 5.91 Å². The fraction of sp³-hybridized carbons (Fsp3) is 0.290. The van der Waals surface area contributed by atoms with Gasteiger partial charge in [0.15, 0.2) is 5.82 Å². The lowest BCUT2D eigenvalue weighted by molar-refractivity contribution is -0.136. The predicted octanol–water partition coefficient (Wildman–Crippen LogP) is -0.216. The number of halogens is 1. The molecule has 5 amide bonds. The average molecular weight is 709 g/mol. The smallest absolute Gasteiger partial charge is 0.329 e. The molecule has 3 aromatic carbocycles. The highest BCUT2D eigenvalue weighted by molar-refractivity contribution is 7.92. The number of carbonyl (C=O) groups excluding carboxylic acids is 5. The molecule has 4 N–H and O–H groups in total. The van der Waals surface area contributed by atoms with Gasteiger partial charge in [-0.1, -0.05) is 0 Å². The maximum absolute atomic E-state index is 15.4. The Labute approximate surface area is 282 Å². The summed E-state index contributed by atoms with van der Waals surface area (Å²) < 4.78 is 44.7. The molecule has 7 rings (SSSR count). The number of phenolic OH excluding ortho intramolecular Hbond substituents is 1. The molecule has 260 valence electrons. The Balaban J connectivity index is 1.02. The summed E-state index contributed by atoms with van der Waals surface area (Å²) in [4.78, 5) is 78.1. The molecule has 1 aromatic heterocycles. The number of hydrogen-bond acceptors (Lipinski definition) is 10. The Bertz CT molecular complexity index is 2360. The van der Waals surface area contributed by atoms with Crippen LogP contribution in [0.2, 0.25) is 0 Å². The molecule has 0 aliphatic carbocycles. The van der Waals surface area contributed by atoms with E-state index in [1.165, 1.54) is 32.2 Å². The Kier molecular flexibility index (Phi) is 7.73. The van der Waals surface area contributed by atoms with Gasteiger partial charge < -0.3 is 20.2 Å². The lowest BCUT2D eigenvalue weighted by Crippen LogP contribution is -2.52. The second kappa shape index (κ2) is 11.9. The number of aryl methyl sites for hydroxylation is 1. The van der Waals surface area contributed by atoms with Crippen molar-refractivity contribution < 1.29 is 41.9 Å². The molecule has 1 atom stereocenters. The van der Waals surface area contributed by atoms with Crippen molar-refractivity contribution in [1.29, 1.82) is 0 Å². The Morgan fingerprint density at radius 1 is 1.00 bits per heavy atom. The zero-order chi connectivity index (χ0) is 35.6. The number of imidazole rings is 1. The van der Waals surface area contributed by atoms with Gasteiger partial charge in [-0.2, -0.15) is 8.42 Å². The van der Waals surface area contributed by atoms with Crippen LogP contribution in [-0.2, 0) is 41.2 Å². The van der Waals surface area contributed by atoms with E-state index in [0.717, 1.165) is 6.07 Å². The number of piperazine rings is 1. The number of nitrogens with zero attached hydrogens (tertiary/aromatic N) is 5. The number of amides is 5. The second-order valence-corrected chi connectivity index (χ2v) is 13.8. The molecule has 50 heavy (non-hydrogen) atoms. The summed E-state index contributed by atoms with van der Waals surface area (Å²) in [6.07, 6.45) is 0.321. The first kappa shape index (κ1) is 32.6. The van der Waals surface area contributed by atoms with Crippen LogP contribution in [0.4, 0.5) is 21.5 Å². The van der Waals surface area contributed by atoms with Crippen LogP contribution in [0.3, 0.4) is 0 Å². The molecule has 0 radical (unpaired) electrons. The van der Waals surface area contributed by atoms with Gasteiger partial charge in [-0.25, -0.2) is 18.2 Å². The molecule has 3 saturated heterocycles. The summed E-state index contributed by atoms with van der Waals surface area (Å²) in [5.74, 6) is -4.47. The number of rotatable bonds is 6. The van der Waals surface area contributed by atoms with Crippen LogP contribution in [0, 0.1) is 5.82 Å². The normalized spacial score (nSPS) is 19.3. The maximum Gasteiger partial charge on any atom is 0.329 e. The van der Waals surface area contributed by atoms with Gasteiger partial charge in [0.05, 0.1) is 24.1 Å². The van der Waals surface area contributed by atoms with Crippen LogP contribution in [0.25, 0.3) is 21.8 Å². The highest BCUT2D eigenvalue weighted by atomic mass is 32.2. The number of nitrogens with one attached hydrogen (secondary N) is 3. The van der Waals surface area contributed by atoms with Crippen LogP contribution < -0.4 is 30.3 Å². The van der Waals surface area contributed by atoms with Crippen molar-refractivity contribution in [3.8, 4) is 5.75 Å². The molecule has 17 nitrogen and oxygen atoms in total. The molecule has 19 heteroatoms. The fourth-order valence-electron chi connectivity index (χ4n) is 6.55. The van der Waals surface area contributed by atoms with E-state index in [-0.39, 0.29) is 60.8 Å². The lowest BCUT2D eigenvalue weighted by atomic mass is 10.1. The number of piperidine rings is 1. The molecule has 4 heterocycles. The van der Waals surface area contributed by atoms with Crippen LogP contribution in [0.5, 0.6) is 5.75 Å². The van der Waals surface area contributed by atoms with Crippen molar-refractivity contribution in [2.75, 3.05) is 47.2 Å². The highest BCUT2D eigenvalue weighted by Crippen LogP contribution is 2.39. The van der Waals surface area contributed by atoms with Crippen molar-refractivity contribution in [2.24, 2.45) is 7.05 Å². The zero-order valence-corrected chi connectivity index (χ0v) is 27.1. The van der Waals surface area contributed by atoms with E-state index in [0.29, 0.717) is 27.6 Å². The van der Waals surface area contributed by atoms with Gasteiger partial charge in [0.2, 0.25) is 23.6 Å². The van der Waals surface area contributed by atoms with Gasteiger partial charge >= 0.3 is 15.9 Å². The van der Waals surface area contributed by atoms with Gasteiger partial charge in [-0.15, -0.1) is 0 Å². The van der Waals surface area contributed by atoms with E-state index in [1.807, 2.05) is 4.90 Å². The molecular formula is C31H29FN8O9S. The first-order valence-electron chi connectivity index (χ1n) is 15.4. The first-order chi connectivity index (χ1) is 23.7. The Morgan fingerprint density at radius 2 is 1.78 bits per heavy atom. The van der Waals surface area contributed by atoms with Crippen molar-refractivity contribution >= 4 is 78.6 Å². The third-order valence-electron chi connectivity index (χ3n) is 9.00. The zero-order valence-electron chi connectivity index (χ0n) is 26.3. The fourth-order valence-corrected chi connectivity index (χ4v) is 7.71.